The molecule has 5 rings (SSSR count). The topological polar surface area (TPSA) is 95.4 Å². The molecule has 1 saturated heterocycles. The third-order valence-electron chi connectivity index (χ3n) is 6.51. The summed E-state index contributed by atoms with van der Waals surface area (Å²) < 4.78 is 1.82. The van der Waals surface area contributed by atoms with Crippen molar-refractivity contribution in [2.24, 2.45) is 0 Å². The maximum Gasteiger partial charge on any atom is 0.251 e. The SMILES string of the molecule is Cc1c(N[C@H]2CCCNC2)nc2ccnn2c1Nc1ccc(C(=O)NC2CCCC2)cc1. The minimum absolute atomic E-state index is 0.00517. The molecule has 1 atom stereocenters. The first-order chi connectivity index (χ1) is 15.7. The molecule has 2 fully saturated rings. The fourth-order valence-corrected chi connectivity index (χ4v) is 4.66. The summed E-state index contributed by atoms with van der Waals surface area (Å²) in [6.07, 6.45) is 8.63. The number of anilines is 3. The van der Waals surface area contributed by atoms with Crippen molar-refractivity contribution in [2.45, 2.75) is 57.5 Å². The molecule has 32 heavy (non-hydrogen) atoms. The Morgan fingerprint density at radius 1 is 1.06 bits per heavy atom. The van der Waals surface area contributed by atoms with Gasteiger partial charge in [-0.05, 0) is 63.4 Å². The molecule has 0 radical (unpaired) electrons. The normalized spacial score (nSPS) is 19.2. The Labute approximate surface area is 188 Å². The Hall–Kier alpha value is -3.13. The zero-order valence-corrected chi connectivity index (χ0v) is 18.5. The lowest BCUT2D eigenvalue weighted by atomic mass is 10.1. The quantitative estimate of drug-likeness (QED) is 0.474. The lowest BCUT2D eigenvalue weighted by Crippen LogP contribution is -2.38. The van der Waals surface area contributed by atoms with Crippen LogP contribution < -0.4 is 21.3 Å². The third-order valence-corrected chi connectivity index (χ3v) is 6.51. The van der Waals surface area contributed by atoms with Crippen LogP contribution in [0.4, 0.5) is 17.3 Å². The summed E-state index contributed by atoms with van der Waals surface area (Å²) in [7, 11) is 0. The number of fused-ring (bicyclic) bond motifs is 1. The van der Waals surface area contributed by atoms with Crippen molar-refractivity contribution in [1.82, 2.24) is 25.2 Å². The van der Waals surface area contributed by atoms with Crippen molar-refractivity contribution in [3.8, 4) is 0 Å². The molecule has 2 aliphatic rings. The summed E-state index contributed by atoms with van der Waals surface area (Å²) in [6.45, 7) is 4.07. The Balaban J connectivity index is 1.35. The summed E-state index contributed by atoms with van der Waals surface area (Å²) in [5.74, 6) is 1.75. The summed E-state index contributed by atoms with van der Waals surface area (Å²) in [6, 6.07) is 10.2. The highest BCUT2D eigenvalue weighted by molar-refractivity contribution is 5.94. The fourth-order valence-electron chi connectivity index (χ4n) is 4.66. The van der Waals surface area contributed by atoms with E-state index in [-0.39, 0.29) is 5.91 Å². The number of benzene rings is 1. The number of rotatable bonds is 6. The van der Waals surface area contributed by atoms with Gasteiger partial charge < -0.3 is 21.3 Å². The summed E-state index contributed by atoms with van der Waals surface area (Å²) in [5.41, 5.74) is 3.39. The molecule has 168 valence electrons. The molecule has 0 unspecified atom stereocenters. The van der Waals surface area contributed by atoms with Gasteiger partial charge in [-0.25, -0.2) is 4.98 Å². The maximum atomic E-state index is 12.5. The maximum absolute atomic E-state index is 12.5. The molecular formula is C24H31N7O. The molecule has 8 heteroatoms. The predicted molar refractivity (Wildman–Crippen MR) is 127 cm³/mol. The standard InChI is InChI=1S/C24H31N7O/c1-16-22(27-20-7-4-13-25-15-20)30-21-12-14-26-31(21)23(16)28-19-10-8-17(9-11-19)24(32)29-18-5-2-3-6-18/h8-12,14,18,20,25,28H,2-7,13,15H2,1H3,(H,27,30)(H,29,32)/t20-/m0/s1. The molecule has 1 amide bonds. The Kier molecular flexibility index (Phi) is 5.94. The average Bonchev–Trinajstić information content (AvgIpc) is 3.50. The van der Waals surface area contributed by atoms with Crippen LogP contribution in [0.1, 0.15) is 54.4 Å². The van der Waals surface area contributed by atoms with Crippen molar-refractivity contribution in [1.29, 1.82) is 0 Å². The molecule has 2 aromatic heterocycles. The lowest BCUT2D eigenvalue weighted by molar-refractivity contribution is 0.0938. The number of carbonyl (C=O) groups excluding carboxylic acids is 1. The van der Waals surface area contributed by atoms with Crippen molar-refractivity contribution < 1.29 is 4.79 Å². The summed E-state index contributed by atoms with van der Waals surface area (Å²) in [5, 5.41) is 18.1. The van der Waals surface area contributed by atoms with Crippen LogP contribution in [0.15, 0.2) is 36.5 Å². The van der Waals surface area contributed by atoms with E-state index >= 15 is 0 Å². The van der Waals surface area contributed by atoms with Crippen molar-refractivity contribution in [3.63, 3.8) is 0 Å². The molecule has 3 aromatic rings. The summed E-state index contributed by atoms with van der Waals surface area (Å²) in [4.78, 5) is 17.3. The Morgan fingerprint density at radius 3 is 2.59 bits per heavy atom. The second-order valence-corrected chi connectivity index (χ2v) is 8.88. The van der Waals surface area contributed by atoms with Crippen molar-refractivity contribution in [2.75, 3.05) is 23.7 Å². The Morgan fingerprint density at radius 2 is 1.84 bits per heavy atom. The van der Waals surface area contributed by atoms with Gasteiger partial charge in [0, 0.05) is 41.5 Å². The molecule has 8 nitrogen and oxygen atoms in total. The van der Waals surface area contributed by atoms with E-state index < -0.39 is 0 Å². The van der Waals surface area contributed by atoms with E-state index in [4.69, 9.17) is 4.98 Å². The first kappa shape index (κ1) is 20.8. The fraction of sp³-hybridized carbons (Fsp3) is 0.458. The van der Waals surface area contributed by atoms with E-state index in [0.29, 0.717) is 17.6 Å². The summed E-state index contributed by atoms with van der Waals surface area (Å²) >= 11 is 0. The molecule has 1 aromatic carbocycles. The van der Waals surface area contributed by atoms with E-state index in [1.807, 2.05) is 34.8 Å². The number of piperidine rings is 1. The Bertz CT molecular complexity index is 1080. The highest BCUT2D eigenvalue weighted by Gasteiger charge is 2.19. The van der Waals surface area contributed by atoms with E-state index in [0.717, 1.165) is 67.3 Å². The van der Waals surface area contributed by atoms with Crippen molar-refractivity contribution in [3.05, 3.63) is 47.7 Å². The largest absolute Gasteiger partial charge is 0.366 e. The molecule has 1 saturated carbocycles. The van der Waals surface area contributed by atoms with Gasteiger partial charge in [-0.1, -0.05) is 12.8 Å². The van der Waals surface area contributed by atoms with E-state index in [1.54, 1.807) is 6.20 Å². The first-order valence-corrected chi connectivity index (χ1v) is 11.7. The van der Waals surface area contributed by atoms with E-state index in [1.165, 1.54) is 12.8 Å². The average molecular weight is 434 g/mol. The van der Waals surface area contributed by atoms with Crippen LogP contribution in [0.25, 0.3) is 5.65 Å². The van der Waals surface area contributed by atoms with Gasteiger partial charge in [0.25, 0.3) is 5.91 Å². The monoisotopic (exact) mass is 433 g/mol. The second-order valence-electron chi connectivity index (χ2n) is 8.88. The number of aromatic nitrogens is 3. The van der Waals surface area contributed by atoms with Gasteiger partial charge in [0.15, 0.2) is 5.65 Å². The van der Waals surface area contributed by atoms with Crippen LogP contribution in [0.5, 0.6) is 0 Å². The number of carbonyl (C=O) groups is 1. The van der Waals surface area contributed by atoms with Gasteiger partial charge in [0.05, 0.1) is 6.20 Å². The minimum atomic E-state index is 0.00517. The van der Waals surface area contributed by atoms with Crippen LogP contribution in [0.3, 0.4) is 0 Å². The van der Waals surface area contributed by atoms with Crippen molar-refractivity contribution >= 4 is 28.9 Å². The first-order valence-electron chi connectivity index (χ1n) is 11.7. The zero-order chi connectivity index (χ0) is 21.9. The van der Waals surface area contributed by atoms with Gasteiger partial charge in [-0.2, -0.15) is 9.61 Å². The van der Waals surface area contributed by atoms with E-state index in [2.05, 4.69) is 33.3 Å². The minimum Gasteiger partial charge on any atom is -0.366 e. The molecule has 0 spiro atoms. The van der Waals surface area contributed by atoms with Gasteiger partial charge in [0.2, 0.25) is 0 Å². The van der Waals surface area contributed by atoms with Gasteiger partial charge in [-0.15, -0.1) is 0 Å². The number of nitrogens with one attached hydrogen (secondary N) is 4. The zero-order valence-electron chi connectivity index (χ0n) is 18.5. The van der Waals surface area contributed by atoms with Crippen LogP contribution in [0.2, 0.25) is 0 Å². The molecule has 1 aliphatic heterocycles. The number of hydrogen-bond donors (Lipinski definition) is 4. The number of hydrogen-bond acceptors (Lipinski definition) is 6. The van der Waals surface area contributed by atoms with E-state index in [9.17, 15) is 4.79 Å². The lowest BCUT2D eigenvalue weighted by Gasteiger charge is -2.25. The molecule has 4 N–H and O–H groups in total. The highest BCUT2D eigenvalue weighted by atomic mass is 16.1. The molecule has 1 aliphatic carbocycles. The number of amides is 1. The van der Waals surface area contributed by atoms with Crippen LogP contribution in [0, 0.1) is 6.92 Å². The van der Waals surface area contributed by atoms with Gasteiger partial charge in [-0.3, -0.25) is 4.79 Å². The smallest absolute Gasteiger partial charge is 0.251 e. The van der Waals surface area contributed by atoms with Gasteiger partial charge >= 0.3 is 0 Å². The van der Waals surface area contributed by atoms with Crippen LogP contribution in [-0.4, -0.2) is 45.7 Å². The molecule has 3 heterocycles. The third kappa shape index (κ3) is 4.41. The molecular weight excluding hydrogens is 402 g/mol. The van der Waals surface area contributed by atoms with Crippen LogP contribution >= 0.6 is 0 Å². The highest BCUT2D eigenvalue weighted by Crippen LogP contribution is 2.27. The predicted octanol–water partition coefficient (Wildman–Crippen LogP) is 3.62. The van der Waals surface area contributed by atoms with Gasteiger partial charge in [0.1, 0.15) is 11.6 Å². The number of nitrogens with zero attached hydrogens (tertiary/aromatic N) is 3. The second kappa shape index (κ2) is 9.16. The van der Waals surface area contributed by atoms with Crippen LogP contribution in [-0.2, 0) is 0 Å². The molecule has 0 bridgehead atoms.